The molecule has 4 aromatic rings. The van der Waals surface area contributed by atoms with E-state index in [1.54, 1.807) is 26.5 Å². The molecule has 1 atom stereocenters. The van der Waals surface area contributed by atoms with E-state index in [4.69, 9.17) is 4.74 Å². The van der Waals surface area contributed by atoms with E-state index in [1.807, 2.05) is 6.92 Å². The number of imidazole rings is 1. The molecule has 1 fully saturated rings. The number of benzene rings is 1. The first-order valence-electron chi connectivity index (χ1n) is 13.6. The number of nitrogens with one attached hydrogen (secondary N) is 1. The normalized spacial score (nSPS) is 16.5. The molecule has 0 bridgehead atoms. The number of amides is 1. The van der Waals surface area contributed by atoms with E-state index in [1.165, 1.54) is 6.07 Å². The standard InChI is InChI=1S/C26H33F4N9O2Si/c1-17-14-36(15-40)8-9-37(17)25-34-23-18(26(28,29)30)12-32-39(23)24(35-25)31-13-21-33-22-19(27)6-5-7-20(22)38(21)16-41-10-11-42(2,3)4/h5-7,12,15,17H,8-11,13-14,16H2,1-4H3,(H,31,34,35)/t17-/m0/s1. The number of ether oxygens (including phenoxy) is 1. The molecular formula is C26H33F4N9O2Si. The third-order valence-electron chi connectivity index (χ3n) is 7.16. The summed E-state index contributed by atoms with van der Waals surface area (Å²) in [6, 6.07) is 5.35. The zero-order valence-corrected chi connectivity index (χ0v) is 24.8. The van der Waals surface area contributed by atoms with Gasteiger partial charge in [-0.15, -0.1) is 0 Å². The fourth-order valence-corrected chi connectivity index (χ4v) is 5.58. The van der Waals surface area contributed by atoms with Gasteiger partial charge in [0.1, 0.15) is 23.6 Å². The van der Waals surface area contributed by atoms with E-state index < -0.39 is 31.3 Å². The minimum absolute atomic E-state index is 0.00720. The van der Waals surface area contributed by atoms with Crippen molar-refractivity contribution >= 4 is 43.1 Å². The lowest BCUT2D eigenvalue weighted by atomic mass is 10.2. The first-order chi connectivity index (χ1) is 19.9. The molecule has 11 nitrogen and oxygen atoms in total. The molecule has 0 saturated carbocycles. The van der Waals surface area contributed by atoms with Crippen molar-refractivity contribution in [2.45, 2.75) is 58.1 Å². The quantitative estimate of drug-likeness (QED) is 0.124. The molecule has 1 saturated heterocycles. The molecule has 0 aliphatic carbocycles. The number of rotatable bonds is 10. The van der Waals surface area contributed by atoms with Crippen LogP contribution in [0.2, 0.25) is 25.7 Å². The van der Waals surface area contributed by atoms with Crippen molar-refractivity contribution in [3.8, 4) is 0 Å². The van der Waals surface area contributed by atoms with Gasteiger partial charge in [0.25, 0.3) is 0 Å². The average Bonchev–Trinajstić information content (AvgIpc) is 3.51. The molecule has 3 aromatic heterocycles. The van der Waals surface area contributed by atoms with E-state index in [0.29, 0.717) is 43.8 Å². The SMILES string of the molecule is C[C@H]1CN(C=O)CCN1c1nc(NCc2nc3c(F)cccc3n2COCC[Si](C)(C)C)n2ncc(C(F)(F)F)c2n1. The smallest absolute Gasteiger partial charge is 0.361 e. The van der Waals surface area contributed by atoms with Crippen LogP contribution in [-0.2, 0) is 29.0 Å². The number of halogens is 4. The fourth-order valence-electron chi connectivity index (χ4n) is 4.82. The van der Waals surface area contributed by atoms with Crippen LogP contribution in [0.3, 0.4) is 0 Å². The van der Waals surface area contributed by atoms with Crippen molar-refractivity contribution < 1.29 is 27.1 Å². The maximum atomic E-state index is 14.7. The first kappa shape index (κ1) is 29.7. The number of anilines is 2. The third-order valence-corrected chi connectivity index (χ3v) is 8.86. The molecule has 1 aliphatic rings. The van der Waals surface area contributed by atoms with Crippen LogP contribution in [0.5, 0.6) is 0 Å². The molecular weight excluding hydrogens is 574 g/mol. The van der Waals surface area contributed by atoms with Gasteiger partial charge in [-0.05, 0) is 25.1 Å². The largest absolute Gasteiger partial charge is 0.421 e. The summed E-state index contributed by atoms with van der Waals surface area (Å²) in [6.07, 6.45) is -3.23. The molecule has 1 aliphatic heterocycles. The molecule has 0 spiro atoms. The van der Waals surface area contributed by atoms with Gasteiger partial charge in [-0.25, -0.2) is 9.37 Å². The molecule has 5 rings (SSSR count). The van der Waals surface area contributed by atoms with Crippen LogP contribution in [0.15, 0.2) is 24.4 Å². The Kier molecular flexibility index (Phi) is 8.11. The molecule has 0 radical (unpaired) electrons. The van der Waals surface area contributed by atoms with Gasteiger partial charge < -0.3 is 24.4 Å². The van der Waals surface area contributed by atoms with Gasteiger partial charge in [-0.1, -0.05) is 25.7 Å². The van der Waals surface area contributed by atoms with Gasteiger partial charge in [0.2, 0.25) is 18.3 Å². The van der Waals surface area contributed by atoms with Crippen molar-refractivity contribution in [2.75, 3.05) is 36.5 Å². The van der Waals surface area contributed by atoms with Crippen LogP contribution in [0.4, 0.5) is 29.5 Å². The number of aromatic nitrogens is 6. The second-order valence-corrected chi connectivity index (χ2v) is 17.2. The molecule has 4 heterocycles. The summed E-state index contributed by atoms with van der Waals surface area (Å²) in [5.41, 5.74) is -0.710. The second kappa shape index (κ2) is 11.5. The van der Waals surface area contributed by atoms with Crippen LogP contribution < -0.4 is 10.2 Å². The van der Waals surface area contributed by atoms with E-state index in [2.05, 4.69) is 45.0 Å². The number of hydrogen-bond acceptors (Lipinski definition) is 8. The number of fused-ring (bicyclic) bond motifs is 2. The number of para-hydroxylation sites is 1. The minimum atomic E-state index is -4.69. The maximum Gasteiger partial charge on any atom is 0.421 e. The van der Waals surface area contributed by atoms with E-state index in [-0.39, 0.29) is 36.7 Å². The van der Waals surface area contributed by atoms with Crippen molar-refractivity contribution in [1.82, 2.24) is 34.0 Å². The minimum Gasteiger partial charge on any atom is -0.361 e. The summed E-state index contributed by atoms with van der Waals surface area (Å²) >= 11 is 0. The number of nitrogens with zero attached hydrogens (tertiary/aromatic N) is 8. The van der Waals surface area contributed by atoms with Crippen molar-refractivity contribution in [1.29, 1.82) is 0 Å². The van der Waals surface area contributed by atoms with E-state index >= 15 is 0 Å². The van der Waals surface area contributed by atoms with Gasteiger partial charge in [0.15, 0.2) is 11.5 Å². The third kappa shape index (κ3) is 6.18. The predicted octanol–water partition coefficient (Wildman–Crippen LogP) is 4.22. The first-order valence-corrected chi connectivity index (χ1v) is 17.3. The summed E-state index contributed by atoms with van der Waals surface area (Å²) in [5, 5.41) is 6.97. The summed E-state index contributed by atoms with van der Waals surface area (Å²) in [5.74, 6) is -0.00299. The molecule has 42 heavy (non-hydrogen) atoms. The molecule has 1 aromatic carbocycles. The fraction of sp³-hybridized carbons (Fsp3) is 0.500. The van der Waals surface area contributed by atoms with Gasteiger partial charge in [0.05, 0.1) is 18.3 Å². The monoisotopic (exact) mass is 607 g/mol. The molecule has 16 heteroatoms. The number of piperazine rings is 1. The Labute approximate surface area is 240 Å². The highest BCUT2D eigenvalue weighted by atomic mass is 28.3. The summed E-state index contributed by atoms with van der Waals surface area (Å²) in [7, 11) is -1.33. The zero-order chi connectivity index (χ0) is 30.2. The predicted molar refractivity (Wildman–Crippen MR) is 151 cm³/mol. The van der Waals surface area contributed by atoms with Gasteiger partial charge in [0, 0.05) is 40.4 Å². The number of alkyl halides is 3. The molecule has 1 N–H and O–H groups in total. The van der Waals surface area contributed by atoms with Crippen LogP contribution in [0.25, 0.3) is 16.7 Å². The molecule has 0 unspecified atom stereocenters. The lowest BCUT2D eigenvalue weighted by molar-refractivity contribution is -0.136. The maximum absolute atomic E-state index is 14.7. The van der Waals surface area contributed by atoms with Crippen molar-refractivity contribution in [3.05, 3.63) is 41.6 Å². The Bertz CT molecular complexity index is 1580. The van der Waals surface area contributed by atoms with Gasteiger partial charge in [-0.2, -0.15) is 32.8 Å². The van der Waals surface area contributed by atoms with Crippen LogP contribution in [-0.4, -0.2) is 80.8 Å². The highest BCUT2D eigenvalue weighted by Gasteiger charge is 2.37. The van der Waals surface area contributed by atoms with Crippen molar-refractivity contribution in [2.24, 2.45) is 0 Å². The Hall–Kier alpha value is -3.79. The number of hydrogen-bond donors (Lipinski definition) is 1. The Balaban J connectivity index is 1.49. The lowest BCUT2D eigenvalue weighted by Crippen LogP contribution is -2.52. The number of carbonyl (C=O) groups is 1. The highest BCUT2D eigenvalue weighted by Crippen LogP contribution is 2.33. The zero-order valence-electron chi connectivity index (χ0n) is 23.8. The van der Waals surface area contributed by atoms with Crippen LogP contribution in [0.1, 0.15) is 18.3 Å². The topological polar surface area (TPSA) is 106 Å². The Morgan fingerprint density at radius 1 is 1.17 bits per heavy atom. The average molecular weight is 608 g/mol. The Morgan fingerprint density at radius 2 is 1.95 bits per heavy atom. The van der Waals surface area contributed by atoms with E-state index in [0.717, 1.165) is 17.0 Å². The Morgan fingerprint density at radius 3 is 2.64 bits per heavy atom. The second-order valence-electron chi connectivity index (χ2n) is 11.5. The van der Waals surface area contributed by atoms with Gasteiger partial charge >= 0.3 is 6.18 Å². The van der Waals surface area contributed by atoms with Crippen molar-refractivity contribution in [3.63, 3.8) is 0 Å². The summed E-state index contributed by atoms with van der Waals surface area (Å²) < 4.78 is 64.9. The summed E-state index contributed by atoms with van der Waals surface area (Å²) in [4.78, 5) is 27.8. The highest BCUT2D eigenvalue weighted by molar-refractivity contribution is 6.76. The summed E-state index contributed by atoms with van der Waals surface area (Å²) in [6.45, 7) is 10.3. The van der Waals surface area contributed by atoms with Gasteiger partial charge in [-0.3, -0.25) is 4.79 Å². The number of carbonyl (C=O) groups excluding carboxylic acids is 1. The molecule has 226 valence electrons. The molecule has 1 amide bonds. The van der Waals surface area contributed by atoms with E-state index in [9.17, 15) is 22.4 Å². The van der Waals surface area contributed by atoms with Crippen LogP contribution in [0, 0.1) is 5.82 Å². The van der Waals surface area contributed by atoms with Crippen LogP contribution >= 0.6 is 0 Å². The lowest BCUT2D eigenvalue weighted by Gasteiger charge is -2.38.